The quantitative estimate of drug-likeness (QED) is 0.852. The first-order valence-electron chi connectivity index (χ1n) is 7.19. The molecule has 1 aliphatic heterocycles. The zero-order chi connectivity index (χ0) is 17.3. The van der Waals surface area contributed by atoms with Crippen molar-refractivity contribution in [2.45, 2.75) is 10.9 Å². The summed E-state index contributed by atoms with van der Waals surface area (Å²) in [5.74, 6) is -4.95. The maximum absolute atomic E-state index is 14.0. The average molecular weight is 357 g/mol. The Morgan fingerprint density at radius 2 is 1.96 bits per heavy atom. The molecular formula is C15H14F3N3O2S. The molecule has 1 N–H and O–H groups in total. The molecule has 1 aliphatic rings. The van der Waals surface area contributed by atoms with Crippen molar-refractivity contribution < 1.29 is 21.6 Å². The van der Waals surface area contributed by atoms with Gasteiger partial charge in [0.15, 0.2) is 17.5 Å². The number of halogens is 3. The molecule has 1 unspecified atom stereocenters. The van der Waals surface area contributed by atoms with Crippen molar-refractivity contribution in [3.05, 3.63) is 59.7 Å². The van der Waals surface area contributed by atoms with Gasteiger partial charge in [0.05, 0.1) is 6.04 Å². The summed E-state index contributed by atoms with van der Waals surface area (Å²) >= 11 is 0. The number of aromatic nitrogens is 1. The van der Waals surface area contributed by atoms with E-state index in [-0.39, 0.29) is 6.54 Å². The van der Waals surface area contributed by atoms with Gasteiger partial charge in [-0.25, -0.2) is 21.6 Å². The number of piperazine rings is 1. The van der Waals surface area contributed by atoms with E-state index in [2.05, 4.69) is 10.3 Å². The molecule has 0 aliphatic carbocycles. The standard InChI is InChI=1S/C15H14F3N3O2S/c16-11-3-4-13(15(18)14(11)17)24(22,23)21-7-6-20-9-12(21)10-2-1-5-19-8-10/h1-5,8,12,20H,6-7,9H2. The molecule has 1 atom stereocenters. The van der Waals surface area contributed by atoms with Gasteiger partial charge in [-0.1, -0.05) is 6.07 Å². The average Bonchev–Trinajstić information content (AvgIpc) is 2.60. The second kappa shape index (κ2) is 6.50. The lowest BCUT2D eigenvalue weighted by Crippen LogP contribution is -2.48. The molecule has 5 nitrogen and oxygen atoms in total. The Morgan fingerprint density at radius 3 is 2.67 bits per heavy atom. The maximum atomic E-state index is 14.0. The van der Waals surface area contributed by atoms with Gasteiger partial charge >= 0.3 is 0 Å². The molecule has 1 aromatic carbocycles. The van der Waals surface area contributed by atoms with Crippen LogP contribution >= 0.6 is 0 Å². The number of rotatable bonds is 3. The smallest absolute Gasteiger partial charge is 0.246 e. The van der Waals surface area contributed by atoms with Crippen molar-refractivity contribution in [1.29, 1.82) is 0 Å². The summed E-state index contributed by atoms with van der Waals surface area (Å²) in [5.41, 5.74) is 0.622. The lowest BCUT2D eigenvalue weighted by Gasteiger charge is -2.35. The fraction of sp³-hybridized carbons (Fsp3) is 0.267. The van der Waals surface area contributed by atoms with Gasteiger partial charge in [-0.15, -0.1) is 0 Å². The topological polar surface area (TPSA) is 62.3 Å². The van der Waals surface area contributed by atoms with Gasteiger partial charge in [-0.3, -0.25) is 4.98 Å². The molecule has 9 heteroatoms. The van der Waals surface area contributed by atoms with Crippen LogP contribution in [0.4, 0.5) is 13.2 Å². The number of hydrogen-bond donors (Lipinski definition) is 1. The molecule has 0 saturated carbocycles. The van der Waals surface area contributed by atoms with E-state index in [9.17, 15) is 21.6 Å². The highest BCUT2D eigenvalue weighted by Gasteiger charge is 2.37. The second-order valence-electron chi connectivity index (χ2n) is 5.30. The first kappa shape index (κ1) is 16.9. The van der Waals surface area contributed by atoms with Crippen molar-refractivity contribution in [3.63, 3.8) is 0 Å². The Bertz CT molecular complexity index is 847. The summed E-state index contributed by atoms with van der Waals surface area (Å²) in [6, 6.07) is 4.09. The molecule has 2 heterocycles. The lowest BCUT2D eigenvalue weighted by molar-refractivity contribution is 0.269. The number of nitrogens with zero attached hydrogens (tertiary/aromatic N) is 2. The molecule has 128 valence electrons. The Morgan fingerprint density at radius 1 is 1.17 bits per heavy atom. The first-order chi connectivity index (χ1) is 11.4. The van der Waals surface area contributed by atoms with E-state index >= 15 is 0 Å². The summed E-state index contributed by atoms with van der Waals surface area (Å²) in [6.45, 7) is 0.734. The van der Waals surface area contributed by atoms with Crippen LogP contribution in [0, 0.1) is 17.5 Å². The largest absolute Gasteiger partial charge is 0.313 e. The number of benzene rings is 1. The van der Waals surface area contributed by atoms with Crippen LogP contribution in [-0.2, 0) is 10.0 Å². The van der Waals surface area contributed by atoms with Gasteiger partial charge in [0, 0.05) is 32.0 Å². The Hall–Kier alpha value is -1.97. The number of pyridine rings is 1. The van der Waals surface area contributed by atoms with Gasteiger partial charge < -0.3 is 5.32 Å². The lowest BCUT2D eigenvalue weighted by atomic mass is 10.1. The zero-order valence-electron chi connectivity index (χ0n) is 12.4. The molecule has 0 amide bonds. The van der Waals surface area contributed by atoms with Gasteiger partial charge in [0.1, 0.15) is 4.90 Å². The SMILES string of the molecule is O=S(=O)(c1ccc(F)c(F)c1F)N1CCNCC1c1cccnc1. The van der Waals surface area contributed by atoms with Gasteiger partial charge in [0.25, 0.3) is 0 Å². The van der Waals surface area contributed by atoms with E-state index in [1.165, 1.54) is 6.20 Å². The highest BCUT2D eigenvalue weighted by atomic mass is 32.2. The fourth-order valence-electron chi connectivity index (χ4n) is 2.66. The van der Waals surface area contributed by atoms with Crippen LogP contribution in [0.5, 0.6) is 0 Å². The number of nitrogens with one attached hydrogen (secondary N) is 1. The number of sulfonamides is 1. The maximum Gasteiger partial charge on any atom is 0.246 e. The van der Waals surface area contributed by atoms with Crippen LogP contribution < -0.4 is 5.32 Å². The van der Waals surface area contributed by atoms with Gasteiger partial charge in [0.2, 0.25) is 10.0 Å². The molecule has 1 fully saturated rings. The molecule has 0 radical (unpaired) electrons. The van der Waals surface area contributed by atoms with Crippen LogP contribution in [-0.4, -0.2) is 37.3 Å². The summed E-state index contributed by atoms with van der Waals surface area (Å²) in [6.07, 6.45) is 3.06. The summed E-state index contributed by atoms with van der Waals surface area (Å²) in [7, 11) is -4.35. The van der Waals surface area contributed by atoms with E-state index in [0.29, 0.717) is 24.7 Å². The fourth-order valence-corrected chi connectivity index (χ4v) is 4.34. The predicted molar refractivity (Wildman–Crippen MR) is 80.1 cm³/mol. The van der Waals surface area contributed by atoms with Gasteiger partial charge in [-0.2, -0.15) is 4.31 Å². The minimum Gasteiger partial charge on any atom is -0.313 e. The van der Waals surface area contributed by atoms with Crippen LogP contribution in [0.1, 0.15) is 11.6 Å². The van der Waals surface area contributed by atoms with Crippen molar-refractivity contribution in [1.82, 2.24) is 14.6 Å². The molecule has 24 heavy (non-hydrogen) atoms. The van der Waals surface area contributed by atoms with Crippen LogP contribution in [0.15, 0.2) is 41.6 Å². The highest BCUT2D eigenvalue weighted by Crippen LogP contribution is 2.30. The van der Waals surface area contributed by atoms with E-state index in [1.807, 2.05) is 0 Å². The van der Waals surface area contributed by atoms with Crippen molar-refractivity contribution >= 4 is 10.0 Å². The van der Waals surface area contributed by atoms with Crippen LogP contribution in [0.25, 0.3) is 0 Å². The van der Waals surface area contributed by atoms with Crippen molar-refractivity contribution in [3.8, 4) is 0 Å². The normalized spacial score (nSPS) is 19.4. The first-order valence-corrected chi connectivity index (χ1v) is 8.63. The van der Waals surface area contributed by atoms with E-state index in [1.54, 1.807) is 18.3 Å². The van der Waals surface area contributed by atoms with E-state index in [4.69, 9.17) is 0 Å². The van der Waals surface area contributed by atoms with Crippen molar-refractivity contribution in [2.75, 3.05) is 19.6 Å². The molecular weight excluding hydrogens is 343 g/mol. The third kappa shape index (κ3) is 2.90. The minimum atomic E-state index is -4.35. The van der Waals surface area contributed by atoms with Crippen LogP contribution in [0.2, 0.25) is 0 Å². The monoisotopic (exact) mass is 357 g/mol. The predicted octanol–water partition coefficient (Wildman–Crippen LogP) is 1.83. The highest BCUT2D eigenvalue weighted by molar-refractivity contribution is 7.89. The van der Waals surface area contributed by atoms with Crippen LogP contribution in [0.3, 0.4) is 0 Å². The Balaban J connectivity index is 2.06. The number of hydrogen-bond acceptors (Lipinski definition) is 4. The van der Waals surface area contributed by atoms with E-state index in [0.717, 1.165) is 10.4 Å². The Kier molecular flexibility index (Phi) is 4.57. The molecule has 0 spiro atoms. The van der Waals surface area contributed by atoms with Crippen molar-refractivity contribution in [2.24, 2.45) is 0 Å². The second-order valence-corrected chi connectivity index (χ2v) is 7.15. The summed E-state index contributed by atoms with van der Waals surface area (Å²) < 4.78 is 67.2. The molecule has 0 bridgehead atoms. The van der Waals surface area contributed by atoms with E-state index < -0.39 is 38.4 Å². The third-order valence-corrected chi connectivity index (χ3v) is 5.78. The third-order valence-electron chi connectivity index (χ3n) is 3.85. The summed E-state index contributed by atoms with van der Waals surface area (Å²) in [5, 5.41) is 3.06. The minimum absolute atomic E-state index is 0.0698. The molecule has 1 aromatic heterocycles. The molecule has 2 aromatic rings. The van der Waals surface area contributed by atoms with Gasteiger partial charge in [-0.05, 0) is 23.8 Å². The Labute approximate surface area is 137 Å². The molecule has 1 saturated heterocycles. The summed E-state index contributed by atoms with van der Waals surface area (Å²) in [4.78, 5) is 3.08. The molecule has 3 rings (SSSR count). The zero-order valence-corrected chi connectivity index (χ0v) is 13.2.